The third kappa shape index (κ3) is 3.35. The van der Waals surface area contributed by atoms with Crippen LogP contribution < -0.4 is 5.32 Å². The third-order valence-electron chi connectivity index (χ3n) is 4.14. The second-order valence-corrected chi connectivity index (χ2v) is 6.16. The van der Waals surface area contributed by atoms with Crippen LogP contribution in [0.5, 0.6) is 0 Å². The van der Waals surface area contributed by atoms with Crippen LogP contribution in [0.2, 0.25) is 0 Å². The van der Waals surface area contributed by atoms with Gasteiger partial charge in [-0.15, -0.1) is 0 Å². The molecule has 1 aliphatic rings. The summed E-state index contributed by atoms with van der Waals surface area (Å²) in [6.07, 6.45) is 2.95. The molecule has 0 heterocycles. The SMILES string of the molecule is COCC1CCC(NC(=O)O)(C(C)(C)C)CC1. The van der Waals surface area contributed by atoms with E-state index in [1.165, 1.54) is 0 Å². The average molecular weight is 243 g/mol. The smallest absolute Gasteiger partial charge is 0.405 e. The van der Waals surface area contributed by atoms with Gasteiger partial charge in [0.1, 0.15) is 0 Å². The second-order valence-electron chi connectivity index (χ2n) is 6.16. The summed E-state index contributed by atoms with van der Waals surface area (Å²) in [5, 5.41) is 11.8. The molecule has 17 heavy (non-hydrogen) atoms. The zero-order valence-electron chi connectivity index (χ0n) is 11.4. The van der Waals surface area contributed by atoms with E-state index in [0.717, 1.165) is 32.3 Å². The molecular formula is C13H25NO3. The Morgan fingerprint density at radius 2 is 1.94 bits per heavy atom. The number of methoxy groups -OCH3 is 1. The molecule has 0 bridgehead atoms. The van der Waals surface area contributed by atoms with Gasteiger partial charge >= 0.3 is 6.09 Å². The monoisotopic (exact) mass is 243 g/mol. The normalized spacial score (nSPS) is 30.0. The number of hydrogen-bond acceptors (Lipinski definition) is 2. The van der Waals surface area contributed by atoms with Crippen LogP contribution in [-0.2, 0) is 4.74 Å². The quantitative estimate of drug-likeness (QED) is 0.801. The van der Waals surface area contributed by atoms with Crippen molar-refractivity contribution in [1.82, 2.24) is 5.32 Å². The Kier molecular flexibility index (Phi) is 4.42. The summed E-state index contributed by atoms with van der Waals surface area (Å²) in [5.41, 5.74) is -0.341. The molecule has 0 radical (unpaired) electrons. The number of nitrogens with one attached hydrogen (secondary N) is 1. The average Bonchev–Trinajstić information content (AvgIpc) is 2.19. The topological polar surface area (TPSA) is 58.6 Å². The Hall–Kier alpha value is -0.770. The molecule has 0 aliphatic heterocycles. The number of amides is 1. The lowest BCUT2D eigenvalue weighted by Crippen LogP contribution is -2.58. The summed E-state index contributed by atoms with van der Waals surface area (Å²) in [6, 6.07) is 0. The van der Waals surface area contributed by atoms with Gasteiger partial charge in [0.05, 0.1) is 0 Å². The van der Waals surface area contributed by atoms with E-state index in [2.05, 4.69) is 26.1 Å². The first-order chi connectivity index (χ1) is 7.81. The largest absolute Gasteiger partial charge is 0.465 e. The highest BCUT2D eigenvalue weighted by molar-refractivity contribution is 5.65. The summed E-state index contributed by atoms with van der Waals surface area (Å²) in [7, 11) is 1.72. The van der Waals surface area contributed by atoms with Gasteiger partial charge in [0.2, 0.25) is 0 Å². The molecule has 0 unspecified atom stereocenters. The molecule has 2 N–H and O–H groups in total. The first kappa shape index (κ1) is 14.3. The molecule has 1 saturated carbocycles. The van der Waals surface area contributed by atoms with Crippen LogP contribution in [0, 0.1) is 11.3 Å². The van der Waals surface area contributed by atoms with Gasteiger partial charge < -0.3 is 15.2 Å². The molecule has 0 saturated heterocycles. The Balaban J connectivity index is 2.72. The van der Waals surface area contributed by atoms with E-state index < -0.39 is 6.09 Å². The molecule has 1 fully saturated rings. The van der Waals surface area contributed by atoms with Crippen LogP contribution in [-0.4, -0.2) is 30.5 Å². The number of carbonyl (C=O) groups is 1. The maximum Gasteiger partial charge on any atom is 0.405 e. The van der Waals surface area contributed by atoms with Gasteiger partial charge in [-0.1, -0.05) is 20.8 Å². The van der Waals surface area contributed by atoms with E-state index in [1.54, 1.807) is 7.11 Å². The molecule has 0 aromatic carbocycles. The van der Waals surface area contributed by atoms with Gasteiger partial charge in [0, 0.05) is 19.3 Å². The van der Waals surface area contributed by atoms with Gasteiger partial charge in [-0.2, -0.15) is 0 Å². The Labute approximate surface area is 104 Å². The fourth-order valence-corrected chi connectivity index (χ4v) is 2.84. The molecule has 1 rings (SSSR count). The molecule has 100 valence electrons. The standard InChI is InChI=1S/C13H25NO3/c1-12(2,3)13(14-11(15)16)7-5-10(6-8-13)9-17-4/h10,14H,5-9H2,1-4H3,(H,15,16). The molecule has 0 aromatic heterocycles. The van der Waals surface area contributed by atoms with Crippen LogP contribution in [0.3, 0.4) is 0 Å². The molecule has 0 atom stereocenters. The lowest BCUT2D eigenvalue weighted by Gasteiger charge is -2.49. The molecule has 0 spiro atoms. The van der Waals surface area contributed by atoms with Gasteiger partial charge in [0.15, 0.2) is 0 Å². The minimum atomic E-state index is -0.912. The van der Waals surface area contributed by atoms with E-state index in [1.807, 2.05) is 0 Å². The summed E-state index contributed by atoms with van der Waals surface area (Å²) in [6.45, 7) is 7.12. The molecule has 4 heteroatoms. The summed E-state index contributed by atoms with van der Waals surface area (Å²) >= 11 is 0. The number of hydrogen-bond donors (Lipinski definition) is 2. The van der Waals surface area contributed by atoms with Crippen molar-refractivity contribution in [2.24, 2.45) is 11.3 Å². The Morgan fingerprint density at radius 3 is 2.29 bits per heavy atom. The maximum absolute atomic E-state index is 11.0. The molecule has 1 aliphatic carbocycles. The van der Waals surface area contributed by atoms with E-state index >= 15 is 0 Å². The highest BCUT2D eigenvalue weighted by atomic mass is 16.5. The fourth-order valence-electron chi connectivity index (χ4n) is 2.84. The fraction of sp³-hybridized carbons (Fsp3) is 0.923. The number of ether oxygens (including phenoxy) is 1. The van der Waals surface area contributed by atoms with Crippen molar-refractivity contribution in [3.05, 3.63) is 0 Å². The van der Waals surface area contributed by atoms with Crippen molar-refractivity contribution < 1.29 is 14.6 Å². The van der Waals surface area contributed by atoms with Crippen molar-refractivity contribution in [3.63, 3.8) is 0 Å². The van der Waals surface area contributed by atoms with E-state index in [4.69, 9.17) is 9.84 Å². The van der Waals surface area contributed by atoms with Gasteiger partial charge in [-0.05, 0) is 37.0 Å². The lowest BCUT2D eigenvalue weighted by molar-refractivity contribution is 0.0450. The molecule has 0 aromatic rings. The predicted molar refractivity (Wildman–Crippen MR) is 67.2 cm³/mol. The summed E-state index contributed by atoms with van der Waals surface area (Å²) < 4.78 is 5.18. The van der Waals surface area contributed by atoms with Crippen LogP contribution in [0.4, 0.5) is 4.79 Å². The molecule has 4 nitrogen and oxygen atoms in total. The predicted octanol–water partition coefficient (Wildman–Crippen LogP) is 2.88. The van der Waals surface area contributed by atoms with Gasteiger partial charge in [-0.25, -0.2) is 4.79 Å². The van der Waals surface area contributed by atoms with Crippen molar-refractivity contribution in [3.8, 4) is 0 Å². The Bertz CT molecular complexity index is 262. The van der Waals surface area contributed by atoms with Crippen molar-refractivity contribution in [1.29, 1.82) is 0 Å². The van der Waals surface area contributed by atoms with E-state index in [0.29, 0.717) is 5.92 Å². The number of rotatable bonds is 3. The minimum absolute atomic E-state index is 0.0522. The van der Waals surface area contributed by atoms with Crippen molar-refractivity contribution in [2.75, 3.05) is 13.7 Å². The molecular weight excluding hydrogens is 218 g/mol. The Morgan fingerprint density at radius 1 is 1.41 bits per heavy atom. The van der Waals surface area contributed by atoms with Gasteiger partial charge in [0.25, 0.3) is 0 Å². The number of carboxylic acid groups (broad SMARTS) is 1. The second kappa shape index (κ2) is 5.25. The highest BCUT2D eigenvalue weighted by Crippen LogP contribution is 2.43. The third-order valence-corrected chi connectivity index (χ3v) is 4.14. The van der Waals surface area contributed by atoms with E-state index in [-0.39, 0.29) is 11.0 Å². The summed E-state index contributed by atoms with van der Waals surface area (Å²) in [4.78, 5) is 11.0. The lowest BCUT2D eigenvalue weighted by atomic mass is 9.63. The summed E-state index contributed by atoms with van der Waals surface area (Å²) in [5.74, 6) is 0.575. The first-order valence-electron chi connectivity index (χ1n) is 6.31. The zero-order chi connectivity index (χ0) is 13.1. The first-order valence-corrected chi connectivity index (χ1v) is 6.31. The van der Waals surface area contributed by atoms with Crippen LogP contribution in [0.25, 0.3) is 0 Å². The van der Waals surface area contributed by atoms with Gasteiger partial charge in [-0.3, -0.25) is 0 Å². The van der Waals surface area contributed by atoms with Crippen LogP contribution in [0.15, 0.2) is 0 Å². The highest BCUT2D eigenvalue weighted by Gasteiger charge is 2.45. The zero-order valence-corrected chi connectivity index (χ0v) is 11.4. The molecule has 1 amide bonds. The van der Waals surface area contributed by atoms with Crippen molar-refractivity contribution >= 4 is 6.09 Å². The maximum atomic E-state index is 11.0. The van der Waals surface area contributed by atoms with Crippen LogP contribution >= 0.6 is 0 Å². The van der Waals surface area contributed by atoms with E-state index in [9.17, 15) is 4.79 Å². The minimum Gasteiger partial charge on any atom is -0.465 e. The van der Waals surface area contributed by atoms with Crippen LogP contribution in [0.1, 0.15) is 46.5 Å². The van der Waals surface area contributed by atoms with Crippen molar-refractivity contribution in [2.45, 2.75) is 52.0 Å².